The van der Waals surface area contributed by atoms with Gasteiger partial charge in [-0.2, -0.15) is 0 Å². The molecule has 4 nitrogen and oxygen atoms in total. The SMILES string of the molecule is CC(=O)Nc1ccc(O)cc1[O]. The third kappa shape index (κ3) is 1.88. The quantitative estimate of drug-likeness (QED) is 0.620. The first kappa shape index (κ1) is 8.39. The van der Waals surface area contributed by atoms with Crippen molar-refractivity contribution in [1.29, 1.82) is 0 Å². The van der Waals surface area contributed by atoms with Gasteiger partial charge in [-0.05, 0) is 12.1 Å². The maximum absolute atomic E-state index is 11.0. The molecule has 0 aliphatic rings. The third-order valence-corrected chi connectivity index (χ3v) is 1.28. The second-order valence-corrected chi connectivity index (χ2v) is 2.36. The Kier molecular flexibility index (Phi) is 2.19. The average Bonchev–Trinajstić information content (AvgIpc) is 1.94. The lowest BCUT2D eigenvalue weighted by molar-refractivity contribution is -0.114. The van der Waals surface area contributed by atoms with E-state index in [1.165, 1.54) is 19.1 Å². The van der Waals surface area contributed by atoms with Gasteiger partial charge >= 0.3 is 0 Å². The third-order valence-electron chi connectivity index (χ3n) is 1.28. The van der Waals surface area contributed by atoms with Crippen LogP contribution in [0.15, 0.2) is 18.2 Å². The van der Waals surface area contributed by atoms with E-state index in [2.05, 4.69) is 5.32 Å². The number of aromatic hydroxyl groups is 1. The number of anilines is 1. The smallest absolute Gasteiger partial charge is 0.221 e. The van der Waals surface area contributed by atoms with Gasteiger partial charge in [0.2, 0.25) is 11.7 Å². The summed E-state index contributed by atoms with van der Waals surface area (Å²) in [6.07, 6.45) is 0. The molecule has 0 bridgehead atoms. The number of phenolic OH excluding ortho intramolecular Hbond substituents is 1. The van der Waals surface area contributed by atoms with Gasteiger partial charge in [0.1, 0.15) is 5.75 Å². The monoisotopic (exact) mass is 166 g/mol. The van der Waals surface area contributed by atoms with Crippen molar-refractivity contribution < 1.29 is 15.0 Å². The van der Waals surface area contributed by atoms with Crippen molar-refractivity contribution in [3.63, 3.8) is 0 Å². The first-order valence-electron chi connectivity index (χ1n) is 3.37. The van der Waals surface area contributed by atoms with Gasteiger partial charge < -0.3 is 10.4 Å². The topological polar surface area (TPSA) is 69.2 Å². The van der Waals surface area contributed by atoms with Crippen molar-refractivity contribution >= 4 is 11.6 Å². The first-order chi connectivity index (χ1) is 5.59. The van der Waals surface area contributed by atoms with Crippen LogP contribution in [-0.2, 0) is 9.90 Å². The van der Waals surface area contributed by atoms with Gasteiger partial charge in [0, 0.05) is 13.0 Å². The molecular formula is C8H8NO3. The highest BCUT2D eigenvalue weighted by atomic mass is 16.3. The maximum atomic E-state index is 11.0. The predicted octanol–water partition coefficient (Wildman–Crippen LogP) is 1.49. The molecule has 0 unspecified atom stereocenters. The van der Waals surface area contributed by atoms with Crippen LogP contribution in [0, 0.1) is 0 Å². The number of hydrogen-bond donors (Lipinski definition) is 2. The zero-order valence-electron chi connectivity index (χ0n) is 6.50. The summed E-state index contributed by atoms with van der Waals surface area (Å²) < 4.78 is 0. The Morgan fingerprint density at radius 3 is 2.67 bits per heavy atom. The van der Waals surface area contributed by atoms with Crippen molar-refractivity contribution in [2.45, 2.75) is 6.92 Å². The largest absolute Gasteiger partial charge is 0.508 e. The van der Waals surface area contributed by atoms with E-state index in [4.69, 9.17) is 5.11 Å². The molecule has 12 heavy (non-hydrogen) atoms. The van der Waals surface area contributed by atoms with Gasteiger partial charge in [-0.15, -0.1) is 0 Å². The van der Waals surface area contributed by atoms with Crippen LogP contribution >= 0.6 is 0 Å². The highest BCUT2D eigenvalue weighted by Gasteiger charge is 2.04. The zero-order valence-corrected chi connectivity index (χ0v) is 6.50. The van der Waals surface area contributed by atoms with Gasteiger partial charge in [0.15, 0.2) is 0 Å². The van der Waals surface area contributed by atoms with E-state index in [1.807, 2.05) is 0 Å². The fraction of sp³-hybridized carbons (Fsp3) is 0.125. The highest BCUT2D eigenvalue weighted by molar-refractivity contribution is 5.90. The molecule has 0 aliphatic heterocycles. The standard InChI is InChI=1S/C8H8NO3/c1-5(10)9-7-3-2-6(11)4-8(7)12/h2-4,11H,1H3,(H,9,10). The summed E-state index contributed by atoms with van der Waals surface area (Å²) in [6.45, 7) is 1.31. The van der Waals surface area contributed by atoms with Crippen molar-refractivity contribution in [2.75, 3.05) is 5.32 Å². The molecule has 0 spiro atoms. The normalized spacial score (nSPS) is 9.42. The molecule has 0 fully saturated rings. The second kappa shape index (κ2) is 3.13. The van der Waals surface area contributed by atoms with Crippen LogP contribution in [0.2, 0.25) is 0 Å². The molecular weight excluding hydrogens is 158 g/mol. The number of carbonyl (C=O) groups excluding carboxylic acids is 1. The summed E-state index contributed by atoms with van der Waals surface area (Å²) in [7, 11) is 0. The number of rotatable bonds is 1. The molecule has 0 heterocycles. The molecule has 0 aromatic heterocycles. The zero-order chi connectivity index (χ0) is 9.14. The lowest BCUT2D eigenvalue weighted by Gasteiger charge is -2.01. The Morgan fingerprint density at radius 1 is 1.50 bits per heavy atom. The van der Waals surface area contributed by atoms with Gasteiger partial charge in [-0.3, -0.25) is 9.90 Å². The number of phenols is 1. The molecule has 1 amide bonds. The minimum Gasteiger partial charge on any atom is -0.508 e. The van der Waals surface area contributed by atoms with Crippen LogP contribution < -0.4 is 5.32 Å². The first-order valence-corrected chi connectivity index (χ1v) is 3.37. The van der Waals surface area contributed by atoms with E-state index in [0.29, 0.717) is 0 Å². The molecule has 0 aliphatic carbocycles. The summed E-state index contributed by atoms with van der Waals surface area (Å²) >= 11 is 0. The number of amides is 1. The lowest BCUT2D eigenvalue weighted by Crippen LogP contribution is -2.05. The van der Waals surface area contributed by atoms with Crippen molar-refractivity contribution in [3.05, 3.63) is 18.2 Å². The summed E-state index contributed by atoms with van der Waals surface area (Å²) in [6, 6.07) is 3.75. The molecule has 63 valence electrons. The molecule has 0 saturated carbocycles. The maximum Gasteiger partial charge on any atom is 0.221 e. The Morgan fingerprint density at radius 2 is 2.17 bits per heavy atom. The van der Waals surface area contributed by atoms with E-state index >= 15 is 0 Å². The molecule has 1 aromatic carbocycles. The van der Waals surface area contributed by atoms with Gasteiger partial charge in [-0.1, -0.05) is 0 Å². The van der Waals surface area contributed by atoms with Crippen LogP contribution in [0.4, 0.5) is 5.69 Å². The molecule has 1 radical (unpaired) electrons. The van der Waals surface area contributed by atoms with E-state index in [0.717, 1.165) is 6.07 Å². The fourth-order valence-corrected chi connectivity index (χ4v) is 0.804. The Labute approximate surface area is 69.5 Å². The van der Waals surface area contributed by atoms with Gasteiger partial charge in [-0.25, -0.2) is 0 Å². The van der Waals surface area contributed by atoms with E-state index in [9.17, 15) is 9.90 Å². The van der Waals surface area contributed by atoms with Crippen LogP contribution in [0.1, 0.15) is 6.92 Å². The van der Waals surface area contributed by atoms with Gasteiger partial charge in [0.05, 0.1) is 5.69 Å². The van der Waals surface area contributed by atoms with E-state index < -0.39 is 5.75 Å². The predicted molar refractivity (Wildman–Crippen MR) is 42.5 cm³/mol. The molecule has 0 atom stereocenters. The molecule has 4 heteroatoms. The molecule has 0 saturated heterocycles. The average molecular weight is 166 g/mol. The minimum atomic E-state index is -0.398. The van der Waals surface area contributed by atoms with Gasteiger partial charge in [0.25, 0.3) is 0 Å². The van der Waals surface area contributed by atoms with E-state index in [-0.39, 0.29) is 17.3 Å². The summed E-state index contributed by atoms with van der Waals surface area (Å²) in [5.41, 5.74) is 0.181. The number of benzene rings is 1. The molecule has 2 N–H and O–H groups in total. The van der Waals surface area contributed by atoms with Crippen molar-refractivity contribution in [3.8, 4) is 11.5 Å². The lowest BCUT2D eigenvalue weighted by atomic mass is 10.3. The minimum absolute atomic E-state index is 0.103. The van der Waals surface area contributed by atoms with Crippen LogP contribution in [0.5, 0.6) is 11.5 Å². The highest BCUT2D eigenvalue weighted by Crippen LogP contribution is 2.27. The van der Waals surface area contributed by atoms with Crippen molar-refractivity contribution in [1.82, 2.24) is 0 Å². The van der Waals surface area contributed by atoms with Crippen LogP contribution in [-0.4, -0.2) is 11.0 Å². The molecule has 1 rings (SSSR count). The number of nitrogens with one attached hydrogen (secondary N) is 1. The number of carbonyl (C=O) groups is 1. The second-order valence-electron chi connectivity index (χ2n) is 2.36. The van der Waals surface area contributed by atoms with E-state index in [1.54, 1.807) is 0 Å². The Hall–Kier alpha value is -1.71. The number of hydrogen-bond acceptors (Lipinski definition) is 2. The fourth-order valence-electron chi connectivity index (χ4n) is 0.804. The van der Waals surface area contributed by atoms with Crippen molar-refractivity contribution in [2.24, 2.45) is 0 Å². The Bertz CT molecular complexity index is 309. The summed E-state index contributed by atoms with van der Waals surface area (Å²) in [4.78, 5) is 10.5. The molecule has 1 aromatic rings. The Balaban J connectivity index is 2.93. The summed E-state index contributed by atoms with van der Waals surface area (Å²) in [5, 5.41) is 22.2. The van der Waals surface area contributed by atoms with Crippen LogP contribution in [0.3, 0.4) is 0 Å². The van der Waals surface area contributed by atoms with Crippen LogP contribution in [0.25, 0.3) is 0 Å². The summed E-state index contributed by atoms with van der Waals surface area (Å²) in [5.74, 6) is -0.808.